The van der Waals surface area contributed by atoms with Crippen molar-refractivity contribution in [1.29, 1.82) is 0 Å². The summed E-state index contributed by atoms with van der Waals surface area (Å²) in [5, 5.41) is 0. The van der Waals surface area contributed by atoms with Gasteiger partial charge in [0.1, 0.15) is 5.57 Å². The number of carbonyl (C=O) groups is 1. The van der Waals surface area contributed by atoms with Crippen molar-refractivity contribution in [2.24, 2.45) is 5.41 Å². The van der Waals surface area contributed by atoms with Crippen LogP contribution in [0, 0.1) is 5.41 Å². The van der Waals surface area contributed by atoms with E-state index in [2.05, 4.69) is 4.74 Å². The predicted octanol–water partition coefficient (Wildman–Crippen LogP) is 4.07. The molecule has 0 aromatic heterocycles. The van der Waals surface area contributed by atoms with Crippen LogP contribution >= 0.6 is 0 Å². The number of esters is 1. The number of halogens is 5. The highest BCUT2D eigenvalue weighted by atomic mass is 19.4. The topological polar surface area (TPSA) is 26.3 Å². The quantitative estimate of drug-likeness (QED) is 0.558. The van der Waals surface area contributed by atoms with Crippen LogP contribution in [0.15, 0.2) is 11.7 Å². The van der Waals surface area contributed by atoms with E-state index < -0.39 is 42.2 Å². The van der Waals surface area contributed by atoms with E-state index in [1.165, 1.54) is 0 Å². The van der Waals surface area contributed by atoms with Crippen LogP contribution in [-0.2, 0) is 9.53 Å². The molecule has 0 aromatic carbocycles. The van der Waals surface area contributed by atoms with E-state index in [9.17, 15) is 26.7 Å². The third kappa shape index (κ3) is 5.01. The summed E-state index contributed by atoms with van der Waals surface area (Å²) in [6, 6.07) is 0. The van der Waals surface area contributed by atoms with E-state index in [-0.39, 0.29) is 0 Å². The zero-order chi connectivity index (χ0) is 14.6. The summed E-state index contributed by atoms with van der Waals surface area (Å²) in [5.74, 6) is -0.703. The number of carbonyl (C=O) groups excluding carboxylic acids is 1. The minimum absolute atomic E-state index is 0.436. The fraction of sp³-hybridized carbons (Fsp3) is 0.727. The highest BCUT2D eigenvalue weighted by Crippen LogP contribution is 2.32. The first-order chi connectivity index (χ1) is 8.02. The summed E-state index contributed by atoms with van der Waals surface area (Å²) < 4.78 is 65.0. The maximum Gasteiger partial charge on any atom is 0.417 e. The summed E-state index contributed by atoms with van der Waals surface area (Å²) in [6.07, 6.45) is -8.51. The molecule has 0 fully saturated rings. The number of ether oxygens (including phenoxy) is 1. The summed E-state index contributed by atoms with van der Waals surface area (Å²) in [4.78, 5) is 11.4. The zero-order valence-corrected chi connectivity index (χ0v) is 10.3. The van der Waals surface area contributed by atoms with Crippen LogP contribution in [0.4, 0.5) is 22.0 Å². The molecule has 2 nitrogen and oxygen atoms in total. The van der Waals surface area contributed by atoms with Gasteiger partial charge < -0.3 is 4.74 Å². The van der Waals surface area contributed by atoms with Crippen LogP contribution < -0.4 is 0 Å². The Kier molecular flexibility index (Phi) is 5.76. The molecular formula is C11H15F5O2. The lowest BCUT2D eigenvalue weighted by molar-refractivity contribution is -0.154. The minimum Gasteiger partial charge on any atom is -0.465 e. The highest BCUT2D eigenvalue weighted by molar-refractivity contribution is 5.75. The van der Waals surface area contributed by atoms with E-state index in [0.29, 0.717) is 6.42 Å². The van der Waals surface area contributed by atoms with E-state index in [0.717, 1.165) is 0 Å². The van der Waals surface area contributed by atoms with Crippen molar-refractivity contribution >= 4 is 5.97 Å². The molecule has 0 aliphatic heterocycles. The van der Waals surface area contributed by atoms with Gasteiger partial charge in [0.05, 0.1) is 12.0 Å². The SMILES string of the molecule is CCC(C)(C)C(=O)OCCC(=C(F)F)C(F)(F)F. The number of hydrogen-bond donors (Lipinski definition) is 0. The van der Waals surface area contributed by atoms with Gasteiger partial charge in [-0.2, -0.15) is 22.0 Å². The molecule has 0 N–H and O–H groups in total. The van der Waals surface area contributed by atoms with Crippen molar-refractivity contribution in [3.05, 3.63) is 11.7 Å². The van der Waals surface area contributed by atoms with Gasteiger partial charge in [-0.05, 0) is 20.3 Å². The van der Waals surface area contributed by atoms with Gasteiger partial charge in [0.25, 0.3) is 6.08 Å². The van der Waals surface area contributed by atoms with Gasteiger partial charge >= 0.3 is 12.1 Å². The molecule has 0 bridgehead atoms. The molecule has 0 heterocycles. The molecule has 0 unspecified atom stereocenters. The van der Waals surface area contributed by atoms with Gasteiger partial charge in [-0.3, -0.25) is 4.79 Å². The molecule has 0 amide bonds. The predicted molar refractivity (Wildman–Crippen MR) is 54.9 cm³/mol. The largest absolute Gasteiger partial charge is 0.465 e. The normalized spacial score (nSPS) is 12.2. The third-order valence-corrected chi connectivity index (χ3v) is 2.59. The van der Waals surface area contributed by atoms with Crippen LogP contribution in [0.1, 0.15) is 33.6 Å². The lowest BCUT2D eigenvalue weighted by Crippen LogP contribution is -2.26. The van der Waals surface area contributed by atoms with Crippen LogP contribution in [-0.4, -0.2) is 18.8 Å². The summed E-state index contributed by atoms with van der Waals surface area (Å²) >= 11 is 0. The van der Waals surface area contributed by atoms with Crippen molar-refractivity contribution < 1.29 is 31.5 Å². The van der Waals surface area contributed by atoms with Crippen LogP contribution in [0.3, 0.4) is 0 Å². The molecule has 0 rings (SSSR count). The summed E-state index contributed by atoms with van der Waals surface area (Å²) in [6.45, 7) is 4.12. The molecule has 7 heteroatoms. The second-order valence-corrected chi connectivity index (χ2v) is 4.36. The Balaban J connectivity index is 4.44. The third-order valence-electron chi connectivity index (χ3n) is 2.59. The van der Waals surface area contributed by atoms with Gasteiger partial charge in [-0.25, -0.2) is 0 Å². The highest BCUT2D eigenvalue weighted by Gasteiger charge is 2.37. The Morgan fingerprint density at radius 2 is 1.67 bits per heavy atom. The Labute approximate surface area is 102 Å². The molecule has 0 saturated carbocycles. The second kappa shape index (κ2) is 6.15. The van der Waals surface area contributed by atoms with Crippen molar-refractivity contribution in [1.82, 2.24) is 0 Å². The Morgan fingerprint density at radius 1 is 1.17 bits per heavy atom. The fourth-order valence-electron chi connectivity index (χ4n) is 0.929. The molecular weight excluding hydrogens is 259 g/mol. The Bertz CT molecular complexity index is 327. The van der Waals surface area contributed by atoms with E-state index in [4.69, 9.17) is 0 Å². The molecule has 0 radical (unpaired) electrons. The minimum atomic E-state index is -5.11. The molecule has 0 saturated heterocycles. The van der Waals surface area contributed by atoms with Gasteiger partial charge in [-0.15, -0.1) is 0 Å². The van der Waals surface area contributed by atoms with Gasteiger partial charge in [0, 0.05) is 6.42 Å². The molecule has 106 valence electrons. The van der Waals surface area contributed by atoms with Gasteiger partial charge in [0.2, 0.25) is 0 Å². The molecule has 0 aliphatic rings. The van der Waals surface area contributed by atoms with E-state index >= 15 is 0 Å². The Hall–Kier alpha value is -1.14. The average Bonchev–Trinajstić information content (AvgIpc) is 2.21. The summed E-state index contributed by atoms with van der Waals surface area (Å²) in [5.41, 5.74) is -2.79. The molecule has 18 heavy (non-hydrogen) atoms. The second-order valence-electron chi connectivity index (χ2n) is 4.36. The number of alkyl halides is 3. The van der Waals surface area contributed by atoms with Gasteiger partial charge in [-0.1, -0.05) is 6.92 Å². The first-order valence-corrected chi connectivity index (χ1v) is 5.31. The number of rotatable bonds is 5. The lowest BCUT2D eigenvalue weighted by atomic mass is 9.91. The first kappa shape index (κ1) is 16.9. The average molecular weight is 274 g/mol. The number of hydrogen-bond acceptors (Lipinski definition) is 2. The van der Waals surface area contributed by atoms with Crippen molar-refractivity contribution in [3.8, 4) is 0 Å². The van der Waals surface area contributed by atoms with Crippen molar-refractivity contribution in [3.63, 3.8) is 0 Å². The van der Waals surface area contributed by atoms with E-state index in [1.54, 1.807) is 20.8 Å². The monoisotopic (exact) mass is 274 g/mol. The molecule has 0 atom stereocenters. The smallest absolute Gasteiger partial charge is 0.417 e. The first-order valence-electron chi connectivity index (χ1n) is 5.31. The Morgan fingerprint density at radius 3 is 2.00 bits per heavy atom. The van der Waals surface area contributed by atoms with Gasteiger partial charge in [0.15, 0.2) is 0 Å². The standard InChI is InChI=1S/C11H15F5O2/c1-4-10(2,3)9(17)18-6-5-7(8(12)13)11(14,15)16/h4-6H2,1-3H3. The van der Waals surface area contributed by atoms with Crippen LogP contribution in [0.2, 0.25) is 0 Å². The molecule has 0 aliphatic carbocycles. The van der Waals surface area contributed by atoms with Crippen LogP contribution in [0.25, 0.3) is 0 Å². The summed E-state index contributed by atoms with van der Waals surface area (Å²) in [7, 11) is 0. The maximum absolute atomic E-state index is 12.1. The molecule has 0 spiro atoms. The van der Waals surface area contributed by atoms with Crippen LogP contribution in [0.5, 0.6) is 0 Å². The maximum atomic E-state index is 12.1. The van der Waals surface area contributed by atoms with Crippen molar-refractivity contribution in [2.75, 3.05) is 6.61 Å². The lowest BCUT2D eigenvalue weighted by Gasteiger charge is -2.20. The van der Waals surface area contributed by atoms with Crippen molar-refractivity contribution in [2.45, 2.75) is 39.8 Å². The van der Waals surface area contributed by atoms with E-state index in [1.807, 2.05) is 0 Å². The fourth-order valence-corrected chi connectivity index (χ4v) is 0.929. The molecule has 0 aromatic rings. The zero-order valence-electron chi connectivity index (χ0n) is 10.3.